The van der Waals surface area contributed by atoms with Crippen LogP contribution < -0.4 is 0 Å². The Kier molecular flexibility index (Phi) is 5.84. The summed E-state index contributed by atoms with van der Waals surface area (Å²) in [6.07, 6.45) is -4.44. The van der Waals surface area contributed by atoms with Crippen molar-refractivity contribution >= 4 is 6.09 Å². The van der Waals surface area contributed by atoms with Gasteiger partial charge in [-0.15, -0.1) is 0 Å². The molecule has 1 unspecified atom stereocenters. The lowest BCUT2D eigenvalue weighted by Gasteiger charge is -2.27. The van der Waals surface area contributed by atoms with Crippen molar-refractivity contribution in [3.63, 3.8) is 0 Å². The van der Waals surface area contributed by atoms with E-state index in [1.54, 1.807) is 6.92 Å². The largest absolute Gasteiger partial charge is 0.447 e. The molecule has 1 aliphatic heterocycles. The molecule has 0 N–H and O–H groups in total. The molecule has 1 heterocycles. The van der Waals surface area contributed by atoms with Crippen LogP contribution in [-0.4, -0.2) is 67.6 Å². The summed E-state index contributed by atoms with van der Waals surface area (Å²) in [6.45, 7) is 0.428. The van der Waals surface area contributed by atoms with E-state index in [-0.39, 0.29) is 25.7 Å². The molecular formula is C11H18F4N2O2. The van der Waals surface area contributed by atoms with Gasteiger partial charge in [-0.05, 0) is 13.3 Å². The number of alkyl halides is 4. The molecule has 0 saturated carbocycles. The van der Waals surface area contributed by atoms with Gasteiger partial charge in [0.1, 0.15) is 13.3 Å². The fraction of sp³-hybridized carbons (Fsp3) is 0.909. The van der Waals surface area contributed by atoms with Crippen LogP contribution in [0.4, 0.5) is 22.4 Å². The van der Waals surface area contributed by atoms with Gasteiger partial charge in [-0.25, -0.2) is 9.18 Å². The van der Waals surface area contributed by atoms with Crippen LogP contribution in [0.25, 0.3) is 0 Å². The number of hydrogen-bond donors (Lipinski definition) is 0. The second kappa shape index (κ2) is 6.93. The molecule has 0 radical (unpaired) electrons. The Hall–Kier alpha value is -1.05. The number of halogens is 4. The van der Waals surface area contributed by atoms with Crippen molar-refractivity contribution < 1.29 is 27.1 Å². The molecule has 1 amide bonds. The molecule has 4 nitrogen and oxygen atoms in total. The Morgan fingerprint density at radius 2 is 2.16 bits per heavy atom. The lowest BCUT2D eigenvalue weighted by Crippen LogP contribution is -2.43. The molecule has 112 valence electrons. The van der Waals surface area contributed by atoms with Gasteiger partial charge in [0.05, 0.1) is 6.54 Å². The minimum Gasteiger partial charge on any atom is -0.447 e. The molecule has 1 rings (SSSR count). The molecule has 1 aliphatic rings. The van der Waals surface area contributed by atoms with Crippen LogP contribution in [-0.2, 0) is 4.74 Å². The fourth-order valence-electron chi connectivity index (χ4n) is 2.21. The monoisotopic (exact) mass is 286 g/mol. The highest BCUT2D eigenvalue weighted by Crippen LogP contribution is 2.22. The number of likely N-dealkylation sites (N-methyl/N-ethyl adjacent to an activating group) is 1. The standard InChI is InChI=1S/C11H18F4N2O2/c1-2-17(10(18)19-6-4-12)9-3-5-16(7-9)8-11(13,14)15/h9H,2-8H2,1H3. The number of carbonyl (C=O) groups excluding carboxylic acids is 1. The molecule has 0 spiro atoms. The highest BCUT2D eigenvalue weighted by molar-refractivity contribution is 5.68. The molecule has 1 atom stereocenters. The van der Waals surface area contributed by atoms with Crippen molar-refractivity contribution in [3.8, 4) is 0 Å². The van der Waals surface area contributed by atoms with Crippen molar-refractivity contribution in [1.29, 1.82) is 0 Å². The Balaban J connectivity index is 2.48. The zero-order valence-electron chi connectivity index (χ0n) is 10.7. The SMILES string of the molecule is CCN(C(=O)OCCF)C1CCN(CC(F)(F)F)C1. The Morgan fingerprint density at radius 3 is 2.68 bits per heavy atom. The maximum absolute atomic E-state index is 12.3. The lowest BCUT2D eigenvalue weighted by atomic mass is 10.2. The van der Waals surface area contributed by atoms with E-state index in [2.05, 4.69) is 4.74 Å². The van der Waals surface area contributed by atoms with E-state index in [1.807, 2.05) is 0 Å². The number of amides is 1. The molecule has 1 saturated heterocycles. The van der Waals surface area contributed by atoms with Gasteiger partial charge in [-0.3, -0.25) is 4.90 Å². The van der Waals surface area contributed by atoms with Crippen LogP contribution in [0.3, 0.4) is 0 Å². The molecule has 1 fully saturated rings. The number of likely N-dealkylation sites (tertiary alicyclic amines) is 1. The maximum atomic E-state index is 12.3. The van der Waals surface area contributed by atoms with Gasteiger partial charge in [0.2, 0.25) is 0 Å². The molecule has 0 bridgehead atoms. The quantitative estimate of drug-likeness (QED) is 0.725. The number of nitrogens with zero attached hydrogens (tertiary/aromatic N) is 2. The summed E-state index contributed by atoms with van der Waals surface area (Å²) < 4.78 is 53.3. The third-order valence-electron chi connectivity index (χ3n) is 2.97. The van der Waals surface area contributed by atoms with Gasteiger partial charge < -0.3 is 9.64 Å². The van der Waals surface area contributed by atoms with E-state index in [4.69, 9.17) is 0 Å². The predicted octanol–water partition coefficient (Wildman–Crippen LogP) is 2.05. The van der Waals surface area contributed by atoms with Crippen LogP contribution in [0.15, 0.2) is 0 Å². The summed E-state index contributed by atoms with van der Waals surface area (Å²) in [4.78, 5) is 14.2. The predicted molar refractivity (Wildman–Crippen MR) is 60.6 cm³/mol. The van der Waals surface area contributed by atoms with Gasteiger partial charge in [-0.1, -0.05) is 0 Å². The van der Waals surface area contributed by atoms with Crippen LogP contribution >= 0.6 is 0 Å². The third-order valence-corrected chi connectivity index (χ3v) is 2.97. The second-order valence-electron chi connectivity index (χ2n) is 4.38. The van der Waals surface area contributed by atoms with Crippen molar-refractivity contribution in [1.82, 2.24) is 9.80 Å². The summed E-state index contributed by atoms with van der Waals surface area (Å²) in [6, 6.07) is -0.306. The number of ether oxygens (including phenoxy) is 1. The molecule has 0 aromatic rings. The van der Waals surface area contributed by atoms with Gasteiger partial charge in [-0.2, -0.15) is 13.2 Å². The molecular weight excluding hydrogens is 268 g/mol. The topological polar surface area (TPSA) is 32.8 Å². The van der Waals surface area contributed by atoms with Crippen molar-refractivity contribution in [2.45, 2.75) is 25.6 Å². The van der Waals surface area contributed by atoms with E-state index in [0.717, 1.165) is 0 Å². The van der Waals surface area contributed by atoms with Crippen LogP contribution in [0, 0.1) is 0 Å². The van der Waals surface area contributed by atoms with Crippen molar-refractivity contribution in [2.24, 2.45) is 0 Å². The second-order valence-corrected chi connectivity index (χ2v) is 4.38. The average molecular weight is 286 g/mol. The van der Waals surface area contributed by atoms with Gasteiger partial charge in [0, 0.05) is 25.7 Å². The van der Waals surface area contributed by atoms with Crippen LogP contribution in [0.5, 0.6) is 0 Å². The van der Waals surface area contributed by atoms with E-state index < -0.39 is 25.5 Å². The summed E-state index contributed by atoms with van der Waals surface area (Å²) >= 11 is 0. The van der Waals surface area contributed by atoms with Crippen molar-refractivity contribution in [3.05, 3.63) is 0 Å². The molecule has 0 aromatic carbocycles. The smallest absolute Gasteiger partial charge is 0.410 e. The van der Waals surface area contributed by atoms with E-state index >= 15 is 0 Å². The average Bonchev–Trinajstić information content (AvgIpc) is 2.73. The number of carbonyl (C=O) groups is 1. The minimum atomic E-state index is -4.24. The summed E-state index contributed by atoms with van der Waals surface area (Å²) in [5.74, 6) is 0. The zero-order valence-corrected chi connectivity index (χ0v) is 10.7. The van der Waals surface area contributed by atoms with Crippen LogP contribution in [0.1, 0.15) is 13.3 Å². The Labute approximate surface area is 109 Å². The van der Waals surface area contributed by atoms with E-state index in [0.29, 0.717) is 13.0 Å². The van der Waals surface area contributed by atoms with Crippen molar-refractivity contribution in [2.75, 3.05) is 39.5 Å². The van der Waals surface area contributed by atoms with Gasteiger partial charge in [0.15, 0.2) is 0 Å². The molecule has 0 aromatic heterocycles. The maximum Gasteiger partial charge on any atom is 0.410 e. The normalized spacial score (nSPS) is 20.6. The van der Waals surface area contributed by atoms with E-state index in [1.165, 1.54) is 9.80 Å². The number of rotatable bonds is 5. The highest BCUT2D eigenvalue weighted by atomic mass is 19.4. The highest BCUT2D eigenvalue weighted by Gasteiger charge is 2.37. The minimum absolute atomic E-state index is 0.165. The first kappa shape index (κ1) is 16.0. The first-order chi connectivity index (χ1) is 8.87. The number of hydrogen-bond acceptors (Lipinski definition) is 3. The van der Waals surface area contributed by atoms with E-state index in [9.17, 15) is 22.4 Å². The Morgan fingerprint density at radius 1 is 1.47 bits per heavy atom. The lowest BCUT2D eigenvalue weighted by molar-refractivity contribution is -0.143. The van der Waals surface area contributed by atoms with Crippen LogP contribution in [0.2, 0.25) is 0 Å². The Bertz CT molecular complexity index is 299. The third kappa shape index (κ3) is 5.22. The summed E-state index contributed by atoms with van der Waals surface area (Å²) in [5.41, 5.74) is 0. The molecule has 0 aliphatic carbocycles. The zero-order chi connectivity index (χ0) is 14.5. The first-order valence-electron chi connectivity index (χ1n) is 6.16. The fourth-order valence-corrected chi connectivity index (χ4v) is 2.21. The first-order valence-corrected chi connectivity index (χ1v) is 6.16. The summed E-state index contributed by atoms with van der Waals surface area (Å²) in [5, 5.41) is 0. The van der Waals surface area contributed by atoms with Gasteiger partial charge in [0.25, 0.3) is 0 Å². The summed E-state index contributed by atoms with van der Waals surface area (Å²) in [7, 11) is 0. The van der Waals surface area contributed by atoms with Gasteiger partial charge >= 0.3 is 12.3 Å². The molecule has 8 heteroatoms. The molecule has 19 heavy (non-hydrogen) atoms.